The number of phenols is 2. The molecule has 0 saturated heterocycles. The molecule has 174 valence electrons. The molecule has 0 unspecified atom stereocenters. The van der Waals surface area contributed by atoms with Gasteiger partial charge in [0.25, 0.3) is 0 Å². The van der Waals surface area contributed by atoms with Gasteiger partial charge in [0.2, 0.25) is 0 Å². The maximum atomic E-state index is 12.0. The molecular weight excluding hydrogens is 422 g/mol. The summed E-state index contributed by atoms with van der Waals surface area (Å²) >= 11 is 0. The van der Waals surface area contributed by atoms with E-state index in [1.165, 1.54) is 12.1 Å². The van der Waals surface area contributed by atoms with Gasteiger partial charge in [-0.3, -0.25) is 4.79 Å². The Morgan fingerprint density at radius 2 is 1.61 bits per heavy atom. The van der Waals surface area contributed by atoms with E-state index in [-0.39, 0.29) is 35.2 Å². The van der Waals surface area contributed by atoms with Crippen LogP contribution in [0.15, 0.2) is 66.7 Å². The van der Waals surface area contributed by atoms with Gasteiger partial charge in [-0.05, 0) is 60.5 Å². The van der Waals surface area contributed by atoms with E-state index < -0.39 is 0 Å². The number of carbonyl (C=O) groups is 2. The fourth-order valence-electron chi connectivity index (χ4n) is 2.79. The molecule has 0 heterocycles. The van der Waals surface area contributed by atoms with Gasteiger partial charge < -0.3 is 25.4 Å². The Bertz CT molecular complexity index is 1050. The number of nitrogens with two attached hydrogens (primary N) is 1. The lowest BCUT2D eigenvalue weighted by molar-refractivity contribution is 0.0499. The van der Waals surface area contributed by atoms with Crippen molar-refractivity contribution in [1.82, 2.24) is 0 Å². The molecule has 0 amide bonds. The first-order chi connectivity index (χ1) is 15.8. The maximum Gasteiger partial charge on any atom is 0.338 e. The van der Waals surface area contributed by atoms with E-state index in [0.29, 0.717) is 17.9 Å². The first kappa shape index (κ1) is 25.3. The molecule has 0 saturated carbocycles. The number of nitrogen functional groups attached to an aromatic ring is 1. The van der Waals surface area contributed by atoms with Crippen molar-refractivity contribution in [3.8, 4) is 17.2 Å². The third-order valence-electron chi connectivity index (χ3n) is 4.68. The number of hydrogen-bond acceptors (Lipinski definition) is 7. The van der Waals surface area contributed by atoms with Gasteiger partial charge >= 0.3 is 5.97 Å². The van der Waals surface area contributed by atoms with Crippen LogP contribution in [0.4, 0.5) is 5.69 Å². The minimum atomic E-state index is -0.279. The third kappa shape index (κ3) is 8.22. The molecule has 0 radical (unpaired) electrons. The number of anilines is 1. The molecule has 3 rings (SSSR count). The van der Waals surface area contributed by atoms with Crippen LogP contribution in [-0.4, -0.2) is 35.7 Å². The van der Waals surface area contributed by atoms with Gasteiger partial charge in [-0.1, -0.05) is 25.5 Å². The average molecular weight is 452 g/mol. The van der Waals surface area contributed by atoms with Crippen LogP contribution in [0.25, 0.3) is 0 Å². The van der Waals surface area contributed by atoms with Crippen LogP contribution in [-0.2, 0) is 11.2 Å². The van der Waals surface area contributed by atoms with Crippen molar-refractivity contribution in [2.24, 2.45) is 0 Å². The van der Waals surface area contributed by atoms with Crippen molar-refractivity contribution >= 4 is 17.4 Å². The van der Waals surface area contributed by atoms with Crippen molar-refractivity contribution in [2.75, 3.05) is 19.5 Å². The molecule has 0 aromatic heterocycles. The Morgan fingerprint density at radius 1 is 0.939 bits per heavy atom. The molecule has 7 heteroatoms. The summed E-state index contributed by atoms with van der Waals surface area (Å²) in [4.78, 5) is 23.4. The number of Topliss-reactive ketones (excluding diaryl/α,β-unsaturated/α-hetero) is 1. The highest BCUT2D eigenvalue weighted by Crippen LogP contribution is 2.24. The molecular formula is C26H29NO6. The monoisotopic (exact) mass is 451 g/mol. The highest BCUT2D eigenvalue weighted by molar-refractivity contribution is 6.00. The molecule has 4 N–H and O–H groups in total. The summed E-state index contributed by atoms with van der Waals surface area (Å²) in [6.07, 6.45) is 2.11. The summed E-state index contributed by atoms with van der Waals surface area (Å²) in [5.74, 6) is -0.0400. The van der Waals surface area contributed by atoms with Crippen LogP contribution in [0.3, 0.4) is 0 Å². The lowest BCUT2D eigenvalue weighted by Gasteiger charge is -2.05. The van der Waals surface area contributed by atoms with Crippen molar-refractivity contribution in [3.05, 3.63) is 83.4 Å². The number of unbranched alkanes of at least 4 members (excludes halogenated alkanes) is 1. The summed E-state index contributed by atoms with van der Waals surface area (Å²) in [7, 11) is 1.58. The van der Waals surface area contributed by atoms with Gasteiger partial charge in [-0.25, -0.2) is 4.79 Å². The number of phenolic OH excluding ortho intramolecular Hbond substituents is 2. The summed E-state index contributed by atoms with van der Waals surface area (Å²) < 4.78 is 10.1. The predicted octanol–water partition coefficient (Wildman–Crippen LogP) is 4.76. The first-order valence-corrected chi connectivity index (χ1v) is 10.5. The number of carbonyl (C=O) groups excluding carboxylic acids is 2. The van der Waals surface area contributed by atoms with Gasteiger partial charge in [-0.2, -0.15) is 0 Å². The van der Waals surface area contributed by atoms with E-state index in [1.807, 2.05) is 0 Å². The summed E-state index contributed by atoms with van der Waals surface area (Å²) in [6, 6.07) is 17.8. The number of esters is 1. The minimum Gasteiger partial charge on any atom is -0.508 e. The van der Waals surface area contributed by atoms with Gasteiger partial charge in [0, 0.05) is 18.2 Å². The Hall–Kier alpha value is -4.00. The number of hydrogen-bond donors (Lipinski definition) is 3. The van der Waals surface area contributed by atoms with E-state index in [2.05, 4.69) is 6.92 Å². The summed E-state index contributed by atoms with van der Waals surface area (Å²) in [5, 5.41) is 18.8. The van der Waals surface area contributed by atoms with Crippen molar-refractivity contribution in [2.45, 2.75) is 26.2 Å². The summed E-state index contributed by atoms with van der Waals surface area (Å²) in [6.45, 7) is 2.54. The van der Waals surface area contributed by atoms with Crippen LogP contribution in [0, 0.1) is 0 Å². The molecule has 33 heavy (non-hydrogen) atoms. The van der Waals surface area contributed by atoms with Crippen molar-refractivity contribution in [1.29, 1.82) is 0 Å². The van der Waals surface area contributed by atoms with E-state index >= 15 is 0 Å². The van der Waals surface area contributed by atoms with Crippen molar-refractivity contribution < 1.29 is 29.3 Å². The zero-order valence-electron chi connectivity index (χ0n) is 18.8. The second-order valence-corrected chi connectivity index (χ2v) is 7.26. The SMILES string of the molecule is CCCCOC(=O)c1ccc(N)cc1.COc1ccc(CC(=O)c2ccc(O)cc2O)cc1. The van der Waals surface area contributed by atoms with Gasteiger partial charge in [0.05, 0.1) is 24.8 Å². The van der Waals surface area contributed by atoms with Gasteiger partial charge in [0.15, 0.2) is 5.78 Å². The number of ketones is 1. The van der Waals surface area contributed by atoms with Crippen molar-refractivity contribution in [3.63, 3.8) is 0 Å². The highest BCUT2D eigenvalue weighted by Gasteiger charge is 2.12. The van der Waals surface area contributed by atoms with E-state index in [9.17, 15) is 19.8 Å². The predicted molar refractivity (Wildman–Crippen MR) is 127 cm³/mol. The maximum absolute atomic E-state index is 12.0. The molecule has 0 aliphatic heterocycles. The van der Waals surface area contributed by atoms with Crippen LogP contribution in [0.1, 0.15) is 46.0 Å². The van der Waals surface area contributed by atoms with E-state index in [0.717, 1.165) is 30.2 Å². The first-order valence-electron chi connectivity index (χ1n) is 10.5. The topological polar surface area (TPSA) is 119 Å². The molecule has 0 aliphatic rings. The highest BCUT2D eigenvalue weighted by atomic mass is 16.5. The Labute approximate surface area is 193 Å². The molecule has 3 aromatic carbocycles. The molecule has 0 aliphatic carbocycles. The van der Waals surface area contributed by atoms with Gasteiger partial charge in [0.1, 0.15) is 17.2 Å². The largest absolute Gasteiger partial charge is 0.508 e. The number of benzene rings is 3. The van der Waals surface area contributed by atoms with Crippen LogP contribution >= 0.6 is 0 Å². The number of methoxy groups -OCH3 is 1. The Kier molecular flexibility index (Phi) is 9.77. The van der Waals surface area contributed by atoms with Crippen LogP contribution in [0.2, 0.25) is 0 Å². The van der Waals surface area contributed by atoms with E-state index in [1.54, 1.807) is 55.6 Å². The lowest BCUT2D eigenvalue weighted by Crippen LogP contribution is -2.06. The molecule has 3 aromatic rings. The van der Waals surface area contributed by atoms with E-state index in [4.69, 9.17) is 15.2 Å². The molecule has 7 nitrogen and oxygen atoms in total. The lowest BCUT2D eigenvalue weighted by atomic mass is 10.0. The second kappa shape index (κ2) is 12.8. The Balaban J connectivity index is 0.000000245. The Morgan fingerprint density at radius 3 is 2.18 bits per heavy atom. The average Bonchev–Trinajstić information content (AvgIpc) is 2.80. The second-order valence-electron chi connectivity index (χ2n) is 7.26. The molecule has 0 atom stereocenters. The van der Waals surface area contributed by atoms with Gasteiger partial charge in [-0.15, -0.1) is 0 Å². The molecule has 0 bridgehead atoms. The smallest absolute Gasteiger partial charge is 0.338 e. The van der Waals surface area contributed by atoms with Crippen LogP contribution < -0.4 is 10.5 Å². The zero-order chi connectivity index (χ0) is 24.2. The number of ether oxygens (including phenoxy) is 2. The molecule has 0 spiro atoms. The number of rotatable bonds is 8. The molecule has 0 fully saturated rings. The number of aromatic hydroxyl groups is 2. The quantitative estimate of drug-likeness (QED) is 0.196. The fourth-order valence-corrected chi connectivity index (χ4v) is 2.79. The standard InChI is InChI=1S/C15H14O4.C11H15NO2/c1-19-12-5-2-10(3-6-12)8-14(17)13-7-4-11(16)9-15(13)18;1-2-3-8-14-11(13)9-4-6-10(12)7-5-9/h2-7,9,16,18H,8H2,1H3;4-7H,2-3,8,12H2,1H3. The zero-order valence-corrected chi connectivity index (χ0v) is 18.8. The van der Waals surface area contributed by atoms with Crippen LogP contribution in [0.5, 0.6) is 17.2 Å². The fraction of sp³-hybridized carbons (Fsp3) is 0.231. The summed E-state index contributed by atoms with van der Waals surface area (Å²) in [5.41, 5.74) is 7.73. The normalized spacial score (nSPS) is 10.0. The third-order valence-corrected chi connectivity index (χ3v) is 4.68. The minimum absolute atomic E-state index is 0.0708.